The van der Waals surface area contributed by atoms with E-state index in [1.165, 1.54) is 31.6 Å². The van der Waals surface area contributed by atoms with Crippen molar-refractivity contribution >= 4 is 41.0 Å². The van der Waals surface area contributed by atoms with Crippen molar-refractivity contribution < 1.29 is 39.2 Å². The Balaban J connectivity index is 2.64. The number of halogens is 2. The van der Waals surface area contributed by atoms with E-state index in [9.17, 15) is 29.7 Å². The van der Waals surface area contributed by atoms with Crippen LogP contribution in [-0.2, 0) is 19.1 Å². The quantitative estimate of drug-likeness (QED) is 0.0497. The number of ketones is 1. The Morgan fingerprint density at radius 3 is 2.31 bits per heavy atom. The second-order valence-electron chi connectivity index (χ2n) is 11.6. The maximum absolute atomic E-state index is 12.6. The molecule has 5 N–H and O–H groups in total. The van der Waals surface area contributed by atoms with Gasteiger partial charge in [0, 0.05) is 23.4 Å². The molecule has 0 aromatic heterocycles. The molecule has 0 saturated heterocycles. The lowest BCUT2D eigenvalue weighted by molar-refractivity contribution is -0.148. The predicted molar refractivity (Wildman–Crippen MR) is 178 cm³/mol. The minimum Gasteiger partial charge on any atom is -0.459 e. The zero-order valence-corrected chi connectivity index (χ0v) is 28.2. The Labute approximate surface area is 277 Å². The number of hydrogen-bond donors (Lipinski definition) is 4. The summed E-state index contributed by atoms with van der Waals surface area (Å²) >= 11 is 12.5. The molecule has 1 saturated carbocycles. The van der Waals surface area contributed by atoms with Crippen molar-refractivity contribution in [1.82, 2.24) is 0 Å². The fraction of sp³-hybridized carbons (Fsp3) is 0.559. The van der Waals surface area contributed by atoms with E-state index >= 15 is 0 Å². The van der Waals surface area contributed by atoms with Crippen molar-refractivity contribution in [2.75, 3.05) is 0 Å². The lowest BCUT2D eigenvalue weighted by Gasteiger charge is -2.31. The SMILES string of the molecule is CC/C=C/C(OC(N)=O)[C@@H](Cl)[C@H](O)CC(=O)[C@@H](O)[C@H](O)[C@H](C)/C(Cl)=C/C=C/C=C(C)/C=C/C=C/C(=O)O[C@@H]1C[C@H](C)CC[C@@H]1C. The second-order valence-corrected chi connectivity index (χ2v) is 12.5. The molecule has 0 aliphatic heterocycles. The number of carbonyl (C=O) groups excluding carboxylic acids is 3. The minimum absolute atomic E-state index is 0.0390. The largest absolute Gasteiger partial charge is 0.459 e. The van der Waals surface area contributed by atoms with Gasteiger partial charge < -0.3 is 30.5 Å². The molecule has 1 unspecified atom stereocenters. The summed E-state index contributed by atoms with van der Waals surface area (Å²) in [6, 6.07) is 0. The molecule has 1 aliphatic carbocycles. The molecule has 11 heteroatoms. The molecular formula is C34H49Cl2NO8. The molecule has 0 spiro atoms. The summed E-state index contributed by atoms with van der Waals surface area (Å²) in [4.78, 5) is 35.9. The summed E-state index contributed by atoms with van der Waals surface area (Å²) in [5.41, 5.74) is 5.95. The first-order valence-corrected chi connectivity index (χ1v) is 16.1. The van der Waals surface area contributed by atoms with E-state index in [1.807, 2.05) is 26.0 Å². The first-order chi connectivity index (χ1) is 21.2. The molecule has 1 amide bonds. The topological polar surface area (TPSA) is 156 Å². The molecule has 0 aromatic rings. The number of alkyl halides is 1. The maximum atomic E-state index is 12.6. The van der Waals surface area contributed by atoms with Gasteiger partial charge in [-0.2, -0.15) is 0 Å². The number of aliphatic hydroxyl groups is 3. The molecule has 9 atom stereocenters. The molecule has 252 valence electrons. The number of nitrogens with two attached hydrogens (primary N) is 1. The van der Waals surface area contributed by atoms with E-state index in [2.05, 4.69) is 13.8 Å². The number of allylic oxidation sites excluding steroid dienone is 9. The van der Waals surface area contributed by atoms with Crippen LogP contribution in [0.25, 0.3) is 0 Å². The highest BCUT2D eigenvalue weighted by Gasteiger charge is 2.35. The predicted octanol–water partition coefficient (Wildman–Crippen LogP) is 5.81. The van der Waals surface area contributed by atoms with Crippen molar-refractivity contribution in [3.8, 4) is 0 Å². The van der Waals surface area contributed by atoms with Crippen LogP contribution in [0.2, 0.25) is 0 Å². The summed E-state index contributed by atoms with van der Waals surface area (Å²) in [5.74, 6) is -1.09. The van der Waals surface area contributed by atoms with Crippen LogP contribution in [0.4, 0.5) is 4.79 Å². The molecule has 0 bridgehead atoms. The van der Waals surface area contributed by atoms with Crippen LogP contribution >= 0.6 is 23.2 Å². The van der Waals surface area contributed by atoms with Gasteiger partial charge in [0.15, 0.2) is 5.78 Å². The van der Waals surface area contributed by atoms with E-state index in [1.54, 1.807) is 30.4 Å². The molecule has 0 radical (unpaired) electrons. The average molecular weight is 671 g/mol. The Morgan fingerprint density at radius 1 is 1.02 bits per heavy atom. The normalized spacial score (nSPS) is 24.1. The Kier molecular flexibility index (Phi) is 19.0. The van der Waals surface area contributed by atoms with Gasteiger partial charge in [-0.25, -0.2) is 9.59 Å². The summed E-state index contributed by atoms with van der Waals surface area (Å²) in [6.07, 6.45) is 12.4. The van der Waals surface area contributed by atoms with Crippen LogP contribution in [0.5, 0.6) is 0 Å². The number of aliphatic hydroxyl groups excluding tert-OH is 3. The van der Waals surface area contributed by atoms with Crippen LogP contribution in [-0.4, -0.2) is 69.1 Å². The lowest BCUT2D eigenvalue weighted by atomic mass is 9.82. The van der Waals surface area contributed by atoms with E-state index < -0.39 is 54.0 Å². The highest BCUT2D eigenvalue weighted by Crippen LogP contribution is 2.30. The van der Waals surface area contributed by atoms with Gasteiger partial charge >= 0.3 is 12.1 Å². The van der Waals surface area contributed by atoms with Crippen molar-refractivity contribution in [3.63, 3.8) is 0 Å². The Morgan fingerprint density at radius 2 is 1.67 bits per heavy atom. The number of primary amides is 1. The molecule has 0 aromatic carbocycles. The van der Waals surface area contributed by atoms with Crippen molar-refractivity contribution in [2.45, 2.75) is 103 Å². The molecule has 45 heavy (non-hydrogen) atoms. The zero-order chi connectivity index (χ0) is 34.1. The number of Topliss-reactive ketones (excluding diaryl/α,β-unsaturated/α-hetero) is 1. The van der Waals surface area contributed by atoms with Crippen molar-refractivity contribution in [2.24, 2.45) is 23.5 Å². The van der Waals surface area contributed by atoms with Gasteiger partial charge in [-0.15, -0.1) is 11.6 Å². The van der Waals surface area contributed by atoms with Crippen LogP contribution in [0, 0.1) is 17.8 Å². The Hall–Kier alpha value is -2.69. The van der Waals surface area contributed by atoms with Gasteiger partial charge in [0.05, 0.1) is 12.2 Å². The zero-order valence-electron chi connectivity index (χ0n) is 26.7. The maximum Gasteiger partial charge on any atom is 0.405 e. The first-order valence-electron chi connectivity index (χ1n) is 15.3. The summed E-state index contributed by atoms with van der Waals surface area (Å²) in [5, 5.41) is 30.3. The Bertz CT molecular complexity index is 1150. The van der Waals surface area contributed by atoms with Crippen molar-refractivity contribution in [1.29, 1.82) is 0 Å². The number of esters is 1. The number of carbonyl (C=O) groups is 3. The molecule has 0 heterocycles. The van der Waals surface area contributed by atoms with Gasteiger partial charge in [0.25, 0.3) is 0 Å². The first kappa shape index (κ1) is 40.3. The smallest absolute Gasteiger partial charge is 0.405 e. The molecule has 1 fully saturated rings. The third kappa shape index (κ3) is 15.4. The molecular weight excluding hydrogens is 621 g/mol. The van der Waals surface area contributed by atoms with E-state index in [4.69, 9.17) is 38.4 Å². The lowest BCUT2D eigenvalue weighted by Crippen LogP contribution is -2.43. The fourth-order valence-corrected chi connectivity index (χ4v) is 5.06. The van der Waals surface area contributed by atoms with Crippen LogP contribution in [0.15, 0.2) is 71.4 Å². The van der Waals surface area contributed by atoms with Gasteiger partial charge in [-0.05, 0) is 50.2 Å². The van der Waals surface area contributed by atoms with E-state index in [0.717, 1.165) is 18.4 Å². The van der Waals surface area contributed by atoms with Crippen LogP contribution in [0.3, 0.4) is 0 Å². The number of ether oxygens (including phenoxy) is 2. The highest BCUT2D eigenvalue weighted by molar-refractivity contribution is 6.30. The standard InChI is InChI=1S/C34H49Cl2NO8/c1-6-7-15-28(45-34(37)43)31(36)26(38)20-27(39)33(42)32(41)24(5)25(35)14-10-8-12-21(2)13-9-11-16-30(40)44-29-19-22(3)17-18-23(29)4/h7-16,22-24,26,28-29,31-33,38,41-42H,6,17-20H2,1-5H3,(H2,37,43)/b10-8+,13-9+,15-7+,16-11+,21-12+,25-14-/t22-,23+,24-,26-,28?,29-,31+,32-,33-/m1/s1. The van der Waals surface area contributed by atoms with Crippen LogP contribution < -0.4 is 5.73 Å². The van der Waals surface area contributed by atoms with Crippen molar-refractivity contribution in [3.05, 3.63) is 71.4 Å². The minimum atomic E-state index is -1.85. The summed E-state index contributed by atoms with van der Waals surface area (Å²) in [6.45, 7) is 9.55. The van der Waals surface area contributed by atoms with Gasteiger partial charge in [-0.3, -0.25) is 4.79 Å². The molecule has 1 rings (SSSR count). The second kappa shape index (κ2) is 21.2. The monoisotopic (exact) mass is 669 g/mol. The van der Waals surface area contributed by atoms with E-state index in [0.29, 0.717) is 18.3 Å². The van der Waals surface area contributed by atoms with E-state index in [-0.39, 0.29) is 17.1 Å². The number of rotatable bonds is 17. The third-order valence-corrected chi connectivity index (χ3v) is 8.60. The fourth-order valence-electron chi connectivity index (χ4n) is 4.64. The number of hydrogen-bond acceptors (Lipinski definition) is 8. The molecule has 1 aliphatic rings. The summed E-state index contributed by atoms with van der Waals surface area (Å²) < 4.78 is 10.5. The molecule has 9 nitrogen and oxygen atoms in total. The number of amides is 1. The van der Waals surface area contributed by atoms with Gasteiger partial charge in [-0.1, -0.05) is 93.8 Å². The third-order valence-electron chi connectivity index (χ3n) is 7.59. The summed E-state index contributed by atoms with van der Waals surface area (Å²) in [7, 11) is 0. The van der Waals surface area contributed by atoms with Crippen LogP contribution in [0.1, 0.15) is 66.7 Å². The van der Waals surface area contributed by atoms with Gasteiger partial charge in [0.2, 0.25) is 0 Å². The van der Waals surface area contributed by atoms with Gasteiger partial charge in [0.1, 0.15) is 23.7 Å². The average Bonchev–Trinajstić information content (AvgIpc) is 2.99. The highest BCUT2D eigenvalue weighted by atomic mass is 35.5.